The number of rotatable bonds is 2. The van der Waals surface area contributed by atoms with Crippen molar-refractivity contribution in [3.05, 3.63) is 0 Å². The van der Waals surface area contributed by atoms with Gasteiger partial charge < -0.3 is 11.1 Å². The molecule has 1 rings (SSSR count). The standard InChI is InChI=1S/C7H11N5O3/c1-7(3-9-11-5(8)14)4(13)12(2)6(15)10-7/h3H,1-2H3,(H,10,15)(H3,8,11,14)/b9-3-/t7-/m1/s1. The van der Waals surface area contributed by atoms with Crippen molar-refractivity contribution >= 4 is 24.2 Å². The van der Waals surface area contributed by atoms with Crippen molar-refractivity contribution in [3.8, 4) is 0 Å². The molecule has 82 valence electrons. The van der Waals surface area contributed by atoms with Crippen molar-refractivity contribution in [2.75, 3.05) is 7.05 Å². The number of imide groups is 1. The van der Waals surface area contributed by atoms with Crippen molar-refractivity contribution in [2.24, 2.45) is 10.8 Å². The number of hydrogen-bond donors (Lipinski definition) is 3. The van der Waals surface area contributed by atoms with Gasteiger partial charge in [0.25, 0.3) is 5.91 Å². The predicted molar refractivity (Wildman–Crippen MR) is 50.9 cm³/mol. The van der Waals surface area contributed by atoms with Crippen LogP contribution < -0.4 is 16.5 Å². The van der Waals surface area contributed by atoms with Crippen molar-refractivity contribution in [1.29, 1.82) is 0 Å². The van der Waals surface area contributed by atoms with Crippen LogP contribution in [0.3, 0.4) is 0 Å². The Labute approximate surface area is 85.5 Å². The Morgan fingerprint density at radius 3 is 2.67 bits per heavy atom. The molecule has 5 amide bonds. The number of amides is 5. The first-order valence-corrected chi connectivity index (χ1v) is 4.07. The first kappa shape index (κ1) is 11.0. The van der Waals surface area contributed by atoms with Crippen LogP contribution in [0.2, 0.25) is 0 Å². The number of carbonyl (C=O) groups is 3. The third-order valence-electron chi connectivity index (χ3n) is 1.92. The first-order chi connectivity index (χ1) is 6.87. The van der Waals surface area contributed by atoms with Crippen molar-refractivity contribution in [1.82, 2.24) is 15.6 Å². The van der Waals surface area contributed by atoms with E-state index in [4.69, 9.17) is 5.73 Å². The van der Waals surface area contributed by atoms with E-state index in [9.17, 15) is 14.4 Å². The Bertz CT molecular complexity index is 353. The van der Waals surface area contributed by atoms with Gasteiger partial charge in [0, 0.05) is 7.05 Å². The lowest BCUT2D eigenvalue weighted by Gasteiger charge is -2.14. The molecule has 1 atom stereocenters. The fraction of sp³-hybridized carbons (Fsp3) is 0.429. The molecule has 8 nitrogen and oxygen atoms in total. The van der Waals surface area contributed by atoms with Gasteiger partial charge in [0.2, 0.25) is 0 Å². The second kappa shape index (κ2) is 3.56. The minimum absolute atomic E-state index is 0.456. The number of likely N-dealkylation sites (N-methyl/N-ethyl adjacent to an activating group) is 1. The van der Waals surface area contributed by atoms with E-state index >= 15 is 0 Å². The van der Waals surface area contributed by atoms with Crippen LogP contribution in [0.5, 0.6) is 0 Å². The third kappa shape index (κ3) is 2.03. The van der Waals surface area contributed by atoms with Gasteiger partial charge in [-0.1, -0.05) is 0 Å². The quantitative estimate of drug-likeness (QED) is 0.297. The van der Waals surface area contributed by atoms with Gasteiger partial charge in [0.15, 0.2) is 5.54 Å². The molecule has 0 aromatic heterocycles. The van der Waals surface area contributed by atoms with E-state index in [2.05, 4.69) is 10.4 Å². The Morgan fingerprint density at radius 2 is 2.27 bits per heavy atom. The lowest BCUT2D eigenvalue weighted by atomic mass is 10.1. The van der Waals surface area contributed by atoms with Crippen molar-refractivity contribution < 1.29 is 14.4 Å². The smallest absolute Gasteiger partial charge is 0.332 e. The molecule has 0 spiro atoms. The van der Waals surface area contributed by atoms with Crippen molar-refractivity contribution in [2.45, 2.75) is 12.5 Å². The number of urea groups is 2. The lowest BCUT2D eigenvalue weighted by Crippen LogP contribution is -2.46. The summed E-state index contributed by atoms with van der Waals surface area (Å²) in [5.74, 6) is -0.456. The second-order valence-electron chi connectivity index (χ2n) is 3.23. The number of nitrogens with two attached hydrogens (primary N) is 1. The molecule has 0 saturated carbocycles. The molecule has 1 fully saturated rings. The van der Waals surface area contributed by atoms with Crippen LogP contribution in [-0.4, -0.2) is 41.7 Å². The average molecular weight is 213 g/mol. The molecule has 0 bridgehead atoms. The van der Waals surface area contributed by atoms with Crippen LogP contribution in [-0.2, 0) is 4.79 Å². The number of hydrazone groups is 1. The Balaban J connectivity index is 2.76. The molecule has 1 aliphatic rings. The van der Waals surface area contributed by atoms with Gasteiger partial charge >= 0.3 is 12.1 Å². The van der Waals surface area contributed by atoms with Crippen LogP contribution in [0.1, 0.15) is 6.92 Å². The van der Waals surface area contributed by atoms with E-state index in [1.54, 1.807) is 0 Å². The molecule has 0 unspecified atom stereocenters. The van der Waals surface area contributed by atoms with Gasteiger partial charge in [0.05, 0.1) is 6.21 Å². The number of hydrogen-bond acceptors (Lipinski definition) is 4. The fourth-order valence-electron chi connectivity index (χ4n) is 1.11. The number of carbonyl (C=O) groups excluding carboxylic acids is 3. The molecule has 0 aromatic carbocycles. The zero-order chi connectivity index (χ0) is 11.6. The fourth-order valence-corrected chi connectivity index (χ4v) is 1.11. The number of nitrogens with zero attached hydrogens (tertiary/aromatic N) is 2. The minimum Gasteiger partial charge on any atom is -0.350 e. The molecule has 1 heterocycles. The molecule has 1 saturated heterocycles. The van der Waals surface area contributed by atoms with Gasteiger partial charge in [-0.2, -0.15) is 5.10 Å². The third-order valence-corrected chi connectivity index (χ3v) is 1.92. The van der Waals surface area contributed by atoms with Crippen LogP contribution in [0.25, 0.3) is 0 Å². The zero-order valence-electron chi connectivity index (χ0n) is 8.27. The van der Waals surface area contributed by atoms with E-state index in [-0.39, 0.29) is 0 Å². The van der Waals surface area contributed by atoms with Crippen molar-refractivity contribution in [3.63, 3.8) is 0 Å². The van der Waals surface area contributed by atoms with Gasteiger partial charge in [-0.25, -0.2) is 15.0 Å². The Kier molecular flexibility index (Phi) is 2.60. The van der Waals surface area contributed by atoms with Crippen LogP contribution in [0.15, 0.2) is 5.10 Å². The minimum atomic E-state index is -1.24. The highest BCUT2D eigenvalue weighted by Crippen LogP contribution is 2.13. The van der Waals surface area contributed by atoms with Gasteiger partial charge in [0.1, 0.15) is 0 Å². The maximum absolute atomic E-state index is 11.5. The van der Waals surface area contributed by atoms with E-state index in [0.29, 0.717) is 0 Å². The summed E-state index contributed by atoms with van der Waals surface area (Å²) >= 11 is 0. The van der Waals surface area contributed by atoms with Crippen LogP contribution in [0.4, 0.5) is 9.59 Å². The first-order valence-electron chi connectivity index (χ1n) is 4.07. The monoisotopic (exact) mass is 213 g/mol. The summed E-state index contributed by atoms with van der Waals surface area (Å²) < 4.78 is 0. The highest BCUT2D eigenvalue weighted by molar-refractivity contribution is 6.15. The molecular formula is C7H11N5O3. The van der Waals surface area contributed by atoms with E-state index in [0.717, 1.165) is 11.1 Å². The molecule has 4 N–H and O–H groups in total. The topological polar surface area (TPSA) is 117 Å². The summed E-state index contributed by atoms with van der Waals surface area (Å²) in [6.07, 6.45) is 1.11. The Hall–Kier alpha value is -2.12. The molecule has 0 aromatic rings. The molecular weight excluding hydrogens is 202 g/mol. The molecule has 15 heavy (non-hydrogen) atoms. The SMILES string of the molecule is CN1C(=O)N[C@](C)(/C=N\NC(N)=O)C1=O. The summed E-state index contributed by atoms with van der Waals surface area (Å²) in [5.41, 5.74) is 5.46. The highest BCUT2D eigenvalue weighted by Gasteiger charge is 2.45. The van der Waals surface area contributed by atoms with Crippen LogP contribution >= 0.6 is 0 Å². The van der Waals surface area contributed by atoms with E-state index in [1.807, 2.05) is 5.43 Å². The molecule has 1 aliphatic heterocycles. The van der Waals surface area contributed by atoms with Crippen LogP contribution in [0, 0.1) is 0 Å². The summed E-state index contributed by atoms with van der Waals surface area (Å²) in [7, 11) is 1.35. The lowest BCUT2D eigenvalue weighted by molar-refractivity contribution is -0.127. The van der Waals surface area contributed by atoms with Gasteiger partial charge in [-0.05, 0) is 6.92 Å². The summed E-state index contributed by atoms with van der Waals surface area (Å²) in [6.45, 7) is 1.46. The van der Waals surface area contributed by atoms with E-state index in [1.165, 1.54) is 14.0 Å². The molecule has 8 heteroatoms. The van der Waals surface area contributed by atoms with Gasteiger partial charge in [-0.15, -0.1) is 0 Å². The van der Waals surface area contributed by atoms with E-state index < -0.39 is 23.5 Å². The summed E-state index contributed by atoms with van der Waals surface area (Å²) in [5, 5.41) is 5.83. The highest BCUT2D eigenvalue weighted by atomic mass is 16.2. The second-order valence-corrected chi connectivity index (χ2v) is 3.23. The summed E-state index contributed by atoms with van der Waals surface area (Å²) in [4.78, 5) is 33.9. The largest absolute Gasteiger partial charge is 0.350 e. The normalized spacial score (nSPS) is 25.9. The molecule has 0 aliphatic carbocycles. The zero-order valence-corrected chi connectivity index (χ0v) is 8.27. The maximum atomic E-state index is 11.5. The number of primary amides is 1. The average Bonchev–Trinajstić information content (AvgIpc) is 2.30. The maximum Gasteiger partial charge on any atom is 0.332 e. The number of nitrogens with one attached hydrogen (secondary N) is 2. The Morgan fingerprint density at radius 1 is 1.67 bits per heavy atom. The van der Waals surface area contributed by atoms with Gasteiger partial charge in [-0.3, -0.25) is 9.69 Å². The summed E-state index contributed by atoms with van der Waals surface area (Å²) in [6, 6.07) is -1.37. The predicted octanol–water partition coefficient (Wildman–Crippen LogP) is -1.42. The molecule has 0 radical (unpaired) electrons.